The number of rotatable bonds is 4. The van der Waals surface area contributed by atoms with Crippen LogP contribution in [0, 0.1) is 11.3 Å². The Kier molecular flexibility index (Phi) is 5.51. The molecule has 1 spiro atoms. The van der Waals surface area contributed by atoms with Crippen LogP contribution in [0.15, 0.2) is 45.9 Å². The maximum atomic E-state index is 13.2. The predicted molar refractivity (Wildman–Crippen MR) is 107 cm³/mol. The van der Waals surface area contributed by atoms with Crippen LogP contribution in [0.3, 0.4) is 0 Å². The van der Waals surface area contributed by atoms with Crippen molar-refractivity contribution in [2.24, 2.45) is 22.1 Å². The summed E-state index contributed by atoms with van der Waals surface area (Å²) in [6.45, 7) is 1.89. The highest BCUT2D eigenvalue weighted by Gasteiger charge is 2.52. The van der Waals surface area contributed by atoms with E-state index in [2.05, 4.69) is 10.3 Å². The first-order valence-corrected chi connectivity index (χ1v) is 10.2. The van der Waals surface area contributed by atoms with Crippen molar-refractivity contribution in [2.75, 3.05) is 11.6 Å². The van der Waals surface area contributed by atoms with Gasteiger partial charge in [0.15, 0.2) is 0 Å². The van der Waals surface area contributed by atoms with E-state index in [-0.39, 0.29) is 5.91 Å². The highest BCUT2D eigenvalue weighted by Crippen LogP contribution is 2.53. The fraction of sp³-hybridized carbons (Fsp3) is 0.450. The fourth-order valence-corrected chi connectivity index (χ4v) is 5.18. The van der Waals surface area contributed by atoms with Gasteiger partial charge in [-0.05, 0) is 38.2 Å². The van der Waals surface area contributed by atoms with Crippen LogP contribution in [-0.2, 0) is 9.59 Å². The first-order chi connectivity index (χ1) is 12.5. The third-order valence-corrected chi connectivity index (χ3v) is 6.13. The van der Waals surface area contributed by atoms with Gasteiger partial charge in [-0.3, -0.25) is 9.59 Å². The quantitative estimate of drug-likeness (QED) is 0.846. The molecule has 1 fully saturated rings. The number of aliphatic imine (C=N–C) groups is 1. The summed E-state index contributed by atoms with van der Waals surface area (Å²) in [5.74, 6) is -1.04. The van der Waals surface area contributed by atoms with Crippen LogP contribution >= 0.6 is 11.8 Å². The molecule has 5 nitrogen and oxygen atoms in total. The van der Waals surface area contributed by atoms with E-state index >= 15 is 0 Å². The van der Waals surface area contributed by atoms with Crippen molar-refractivity contribution in [2.45, 2.75) is 39.0 Å². The maximum absolute atomic E-state index is 13.2. The molecule has 1 heterocycles. The lowest BCUT2D eigenvalue weighted by Crippen LogP contribution is -2.50. The van der Waals surface area contributed by atoms with Crippen molar-refractivity contribution >= 4 is 35.0 Å². The lowest BCUT2D eigenvalue weighted by molar-refractivity contribution is -0.122. The summed E-state index contributed by atoms with van der Waals surface area (Å²) in [6.07, 6.45) is 6.56. The molecule has 1 aromatic rings. The standard InChI is InChI=1S/C20H25N3O2S/c1-13-15(18(25)23-14-9-5-3-6-10-14)20(11-7-4-8-12-20)16(17(21)24)19(22-13)26-2/h3,5-6,9-10,15H,4,7-8,11-12H2,1-2H3,(H2,21,24)(H,23,25). The van der Waals surface area contributed by atoms with Crippen molar-refractivity contribution < 1.29 is 9.59 Å². The van der Waals surface area contributed by atoms with Crippen molar-refractivity contribution in [1.29, 1.82) is 0 Å². The van der Waals surface area contributed by atoms with Gasteiger partial charge in [-0.2, -0.15) is 0 Å². The van der Waals surface area contributed by atoms with Gasteiger partial charge in [-0.15, -0.1) is 11.8 Å². The van der Waals surface area contributed by atoms with E-state index in [1.807, 2.05) is 43.5 Å². The molecule has 1 aromatic carbocycles. The van der Waals surface area contributed by atoms with Gasteiger partial charge in [0.25, 0.3) is 0 Å². The van der Waals surface area contributed by atoms with Crippen LogP contribution in [0.4, 0.5) is 5.69 Å². The number of amides is 2. The maximum Gasteiger partial charge on any atom is 0.247 e. The smallest absolute Gasteiger partial charge is 0.247 e. The number of carbonyl (C=O) groups is 2. The van der Waals surface area contributed by atoms with Gasteiger partial charge in [0.05, 0.1) is 11.5 Å². The summed E-state index contributed by atoms with van der Waals surface area (Å²) in [6, 6.07) is 9.39. The Morgan fingerprint density at radius 3 is 2.42 bits per heavy atom. The Morgan fingerprint density at radius 1 is 1.19 bits per heavy atom. The summed E-state index contributed by atoms with van der Waals surface area (Å²) >= 11 is 1.43. The number of thioether (sulfide) groups is 1. The van der Waals surface area contributed by atoms with Crippen LogP contribution in [0.25, 0.3) is 0 Å². The number of nitrogens with one attached hydrogen (secondary N) is 1. The number of anilines is 1. The molecule has 0 radical (unpaired) electrons. The minimum absolute atomic E-state index is 0.113. The third-order valence-electron chi connectivity index (χ3n) is 5.45. The lowest BCUT2D eigenvalue weighted by atomic mass is 9.59. The Balaban J connectivity index is 2.05. The topological polar surface area (TPSA) is 84.5 Å². The molecule has 1 unspecified atom stereocenters. The van der Waals surface area contributed by atoms with E-state index in [0.717, 1.165) is 43.5 Å². The van der Waals surface area contributed by atoms with E-state index in [4.69, 9.17) is 5.73 Å². The molecule has 6 heteroatoms. The van der Waals surface area contributed by atoms with Crippen LogP contribution in [0.1, 0.15) is 39.0 Å². The average Bonchev–Trinajstić information content (AvgIpc) is 2.62. The second-order valence-corrected chi connectivity index (χ2v) is 7.80. The van der Waals surface area contributed by atoms with Gasteiger partial charge < -0.3 is 11.1 Å². The molecule has 1 aliphatic carbocycles. The van der Waals surface area contributed by atoms with E-state index in [1.54, 1.807) is 0 Å². The molecule has 1 atom stereocenters. The second-order valence-electron chi connectivity index (χ2n) is 7.01. The molecule has 0 bridgehead atoms. The van der Waals surface area contributed by atoms with Crippen LogP contribution in [0.2, 0.25) is 0 Å². The van der Waals surface area contributed by atoms with Crippen molar-refractivity contribution in [1.82, 2.24) is 0 Å². The molecule has 26 heavy (non-hydrogen) atoms. The normalized spacial score (nSPS) is 22.1. The molecule has 2 amide bonds. The van der Waals surface area contributed by atoms with Gasteiger partial charge in [0.1, 0.15) is 5.03 Å². The molecule has 0 saturated heterocycles. The van der Waals surface area contributed by atoms with Crippen molar-refractivity contribution in [3.8, 4) is 0 Å². The highest BCUT2D eigenvalue weighted by atomic mass is 32.2. The van der Waals surface area contributed by atoms with Gasteiger partial charge in [-0.25, -0.2) is 4.99 Å². The van der Waals surface area contributed by atoms with Gasteiger partial charge >= 0.3 is 0 Å². The number of carbonyl (C=O) groups excluding carboxylic acids is 2. The molecule has 0 aromatic heterocycles. The van der Waals surface area contributed by atoms with E-state index in [0.29, 0.717) is 10.6 Å². The summed E-state index contributed by atoms with van der Waals surface area (Å²) in [5, 5.41) is 3.67. The monoisotopic (exact) mass is 371 g/mol. The molecule has 3 N–H and O–H groups in total. The molecule has 2 aliphatic rings. The number of hydrogen-bond donors (Lipinski definition) is 2. The molecule has 3 rings (SSSR count). The second kappa shape index (κ2) is 7.66. The zero-order chi connectivity index (χ0) is 18.7. The van der Waals surface area contributed by atoms with E-state index in [1.165, 1.54) is 11.8 Å². The van der Waals surface area contributed by atoms with Gasteiger partial charge in [0.2, 0.25) is 11.8 Å². The first kappa shape index (κ1) is 18.7. The van der Waals surface area contributed by atoms with E-state index < -0.39 is 17.2 Å². The van der Waals surface area contributed by atoms with Crippen molar-refractivity contribution in [3.63, 3.8) is 0 Å². The average molecular weight is 372 g/mol. The Bertz CT molecular complexity index is 765. The summed E-state index contributed by atoms with van der Waals surface area (Å²) in [5.41, 5.74) is 7.29. The fourth-order valence-electron chi connectivity index (χ4n) is 4.43. The predicted octanol–water partition coefficient (Wildman–Crippen LogP) is 3.73. The third kappa shape index (κ3) is 3.30. The summed E-state index contributed by atoms with van der Waals surface area (Å²) in [4.78, 5) is 30.2. The number of para-hydroxylation sites is 1. The Labute approximate surface area is 158 Å². The number of nitrogens with zero attached hydrogens (tertiary/aromatic N) is 1. The highest BCUT2D eigenvalue weighted by molar-refractivity contribution is 8.02. The van der Waals surface area contributed by atoms with Crippen LogP contribution in [-0.4, -0.2) is 23.8 Å². The van der Waals surface area contributed by atoms with Gasteiger partial charge in [0, 0.05) is 16.8 Å². The zero-order valence-electron chi connectivity index (χ0n) is 15.2. The number of benzene rings is 1. The van der Waals surface area contributed by atoms with E-state index in [9.17, 15) is 9.59 Å². The Morgan fingerprint density at radius 2 is 1.85 bits per heavy atom. The number of hydrogen-bond acceptors (Lipinski definition) is 4. The molecule has 1 aliphatic heterocycles. The largest absolute Gasteiger partial charge is 0.366 e. The molecule has 1 saturated carbocycles. The molecule has 138 valence electrons. The zero-order valence-corrected chi connectivity index (χ0v) is 16.1. The van der Waals surface area contributed by atoms with Crippen molar-refractivity contribution in [3.05, 3.63) is 40.9 Å². The SMILES string of the molecule is CSC1=C(C(N)=O)C2(CCCCC2)C(C(=O)Nc2ccccc2)C(C)=N1. The van der Waals surface area contributed by atoms with Crippen LogP contribution < -0.4 is 11.1 Å². The van der Waals surface area contributed by atoms with Gasteiger partial charge in [-0.1, -0.05) is 37.5 Å². The summed E-state index contributed by atoms with van der Waals surface area (Å²) in [7, 11) is 0. The Hall–Kier alpha value is -2.08. The lowest BCUT2D eigenvalue weighted by Gasteiger charge is -2.46. The summed E-state index contributed by atoms with van der Waals surface area (Å²) < 4.78 is 0. The minimum Gasteiger partial charge on any atom is -0.366 e. The van der Waals surface area contributed by atoms with Crippen LogP contribution in [0.5, 0.6) is 0 Å². The minimum atomic E-state index is -0.548. The molecular weight excluding hydrogens is 346 g/mol. The molecular formula is C20H25N3O2S. The first-order valence-electron chi connectivity index (χ1n) is 8.99. The number of primary amides is 1. The number of nitrogens with two attached hydrogens (primary N) is 1.